The molecule has 0 aliphatic carbocycles. The second-order valence-electron chi connectivity index (χ2n) is 11.6. The minimum absolute atomic E-state index is 0.115. The molecule has 8 aromatic rings. The van der Waals surface area contributed by atoms with E-state index in [9.17, 15) is 8.78 Å². The van der Waals surface area contributed by atoms with E-state index in [2.05, 4.69) is 48.5 Å². The van der Waals surface area contributed by atoms with Crippen molar-refractivity contribution in [2.45, 2.75) is 0 Å². The highest BCUT2D eigenvalue weighted by Gasteiger charge is 2.29. The van der Waals surface area contributed by atoms with Crippen LogP contribution in [0.2, 0.25) is 0 Å². The minimum Gasteiger partial charge on any atom is -0.223 e. The summed E-state index contributed by atoms with van der Waals surface area (Å²) in [6.45, 7) is -0.229. The maximum Gasteiger partial charge on any atom is 0.242 e. The van der Waals surface area contributed by atoms with Gasteiger partial charge in [-0.1, -0.05) is 189 Å². The molecule has 0 radical (unpaired) electrons. The van der Waals surface area contributed by atoms with Crippen LogP contribution in [0.15, 0.2) is 158 Å². The van der Waals surface area contributed by atoms with Crippen LogP contribution < -0.4 is 32.8 Å². The van der Waals surface area contributed by atoms with Gasteiger partial charge in [-0.05, 0) is 24.3 Å². The monoisotopic (exact) mass is 658 g/mol. The van der Waals surface area contributed by atoms with Crippen LogP contribution in [0.5, 0.6) is 0 Å². The normalized spacial score (nSPS) is 11.1. The van der Waals surface area contributed by atoms with Gasteiger partial charge in [0.2, 0.25) is 13.4 Å². The fourth-order valence-corrected chi connectivity index (χ4v) is 8.61. The first kappa shape index (κ1) is 30.2. The van der Waals surface area contributed by atoms with Crippen molar-refractivity contribution < 1.29 is 8.78 Å². The molecule has 0 saturated heterocycles. The number of rotatable bonds is 8. The molecule has 2 aromatic heterocycles. The predicted molar refractivity (Wildman–Crippen MR) is 201 cm³/mol. The summed E-state index contributed by atoms with van der Waals surface area (Å²) in [5.74, 6) is -0.642. The average molecular weight is 658 g/mol. The lowest BCUT2D eigenvalue weighted by molar-refractivity contribution is 0.628. The van der Waals surface area contributed by atoms with Crippen molar-refractivity contribution in [2.24, 2.45) is 0 Å². The largest absolute Gasteiger partial charge is 0.242 e. The standard InChI is InChI=1S/C40H26B2F2N2S2/c43-31-21-23-35(41(27-13-5-1-6-14-27)28-15-7-2-8-16-28)33(25-31)37-45-39-40(47-37)46-38(48-39)34-26-32(44)22-24-36(34)42(29-17-9-3-10-18-29)30-19-11-4-12-20-30/h1-26H. The predicted octanol–water partition coefficient (Wildman–Crippen LogP) is 6.40. The quantitative estimate of drug-likeness (QED) is 0.177. The Bertz CT molecular complexity index is 2060. The van der Waals surface area contributed by atoms with Crippen LogP contribution in [0, 0.1) is 11.6 Å². The number of fused-ring (bicyclic) bond motifs is 1. The maximum atomic E-state index is 14.9. The van der Waals surface area contributed by atoms with Gasteiger partial charge >= 0.3 is 0 Å². The van der Waals surface area contributed by atoms with Crippen molar-refractivity contribution in [1.82, 2.24) is 9.97 Å². The first-order valence-electron chi connectivity index (χ1n) is 15.7. The fourth-order valence-electron chi connectivity index (χ4n) is 6.49. The molecule has 0 fully saturated rings. The molecule has 0 bridgehead atoms. The minimum atomic E-state index is -0.321. The molecule has 228 valence electrons. The smallest absolute Gasteiger partial charge is 0.223 e. The summed E-state index contributed by atoms with van der Waals surface area (Å²) in [6, 6.07) is 51.0. The van der Waals surface area contributed by atoms with Crippen LogP contribution in [0.4, 0.5) is 8.78 Å². The Morgan fingerprint density at radius 3 is 1.02 bits per heavy atom. The second kappa shape index (κ2) is 13.1. The van der Waals surface area contributed by atoms with Gasteiger partial charge in [0, 0.05) is 11.1 Å². The molecule has 0 spiro atoms. The van der Waals surface area contributed by atoms with E-state index in [1.807, 2.05) is 84.9 Å². The highest BCUT2D eigenvalue weighted by Crippen LogP contribution is 2.36. The molecule has 2 heterocycles. The second-order valence-corrected chi connectivity index (χ2v) is 13.6. The van der Waals surface area contributed by atoms with Crippen LogP contribution in [0.25, 0.3) is 30.8 Å². The zero-order chi connectivity index (χ0) is 32.5. The zero-order valence-electron chi connectivity index (χ0n) is 25.6. The number of hydrogen-bond donors (Lipinski definition) is 0. The highest BCUT2D eigenvalue weighted by molar-refractivity contribution is 7.29. The number of benzene rings is 6. The van der Waals surface area contributed by atoms with Crippen molar-refractivity contribution in [1.29, 1.82) is 0 Å². The number of thiazole rings is 2. The van der Waals surface area contributed by atoms with Crippen LogP contribution in [0.1, 0.15) is 0 Å². The van der Waals surface area contributed by atoms with Gasteiger partial charge in [0.15, 0.2) is 9.66 Å². The Balaban J connectivity index is 1.24. The Kier molecular flexibility index (Phi) is 8.27. The maximum absolute atomic E-state index is 14.9. The summed E-state index contributed by atoms with van der Waals surface area (Å²) in [6.07, 6.45) is 0. The number of hydrogen-bond acceptors (Lipinski definition) is 4. The van der Waals surface area contributed by atoms with Gasteiger partial charge in [0.1, 0.15) is 21.6 Å². The van der Waals surface area contributed by atoms with Gasteiger partial charge in [0.05, 0.1) is 0 Å². The molecule has 0 unspecified atom stereocenters. The summed E-state index contributed by atoms with van der Waals surface area (Å²) in [5.41, 5.74) is 7.86. The Hall–Kier alpha value is -5.17. The van der Waals surface area contributed by atoms with Gasteiger partial charge in [-0.3, -0.25) is 0 Å². The molecule has 6 aromatic carbocycles. The van der Waals surface area contributed by atoms with Crippen molar-refractivity contribution in [2.75, 3.05) is 0 Å². The first-order valence-corrected chi connectivity index (χ1v) is 17.3. The molecule has 8 rings (SSSR count). The lowest BCUT2D eigenvalue weighted by Gasteiger charge is -2.18. The van der Waals surface area contributed by atoms with Crippen LogP contribution >= 0.6 is 22.7 Å². The number of aromatic nitrogens is 2. The fraction of sp³-hybridized carbons (Fsp3) is 0. The van der Waals surface area contributed by atoms with Crippen molar-refractivity contribution in [3.63, 3.8) is 0 Å². The van der Waals surface area contributed by atoms with Gasteiger partial charge in [0.25, 0.3) is 0 Å². The Morgan fingerprint density at radius 1 is 0.396 bits per heavy atom. The summed E-state index contributed by atoms with van der Waals surface area (Å²) >= 11 is 2.87. The third kappa shape index (κ3) is 5.89. The molecule has 48 heavy (non-hydrogen) atoms. The van der Waals surface area contributed by atoms with E-state index in [4.69, 9.17) is 9.97 Å². The van der Waals surface area contributed by atoms with Gasteiger partial charge < -0.3 is 0 Å². The van der Waals surface area contributed by atoms with E-state index in [0.717, 1.165) is 53.6 Å². The van der Waals surface area contributed by atoms with Gasteiger partial charge in [-0.2, -0.15) is 0 Å². The summed E-state index contributed by atoms with van der Waals surface area (Å²) in [5, 5.41) is 1.40. The van der Waals surface area contributed by atoms with E-state index >= 15 is 0 Å². The highest BCUT2D eigenvalue weighted by atomic mass is 32.1. The van der Waals surface area contributed by atoms with E-state index < -0.39 is 0 Å². The number of halogens is 2. The molecule has 0 N–H and O–H groups in total. The van der Waals surface area contributed by atoms with Gasteiger partial charge in [-0.15, -0.1) is 0 Å². The summed E-state index contributed by atoms with van der Waals surface area (Å²) in [4.78, 5) is 11.5. The van der Waals surface area contributed by atoms with Crippen LogP contribution in [0.3, 0.4) is 0 Å². The van der Waals surface area contributed by atoms with Crippen LogP contribution in [-0.2, 0) is 0 Å². The third-order valence-electron chi connectivity index (χ3n) is 8.62. The molecule has 0 aliphatic rings. The van der Waals surface area contributed by atoms with E-state index in [0.29, 0.717) is 10.0 Å². The molecule has 2 nitrogen and oxygen atoms in total. The van der Waals surface area contributed by atoms with Crippen LogP contribution in [-0.4, -0.2) is 23.4 Å². The average Bonchev–Trinajstić information content (AvgIpc) is 3.72. The molecular weight excluding hydrogens is 632 g/mol. The molecule has 0 atom stereocenters. The molecule has 0 amide bonds. The Morgan fingerprint density at radius 2 is 0.708 bits per heavy atom. The topological polar surface area (TPSA) is 25.8 Å². The van der Waals surface area contributed by atoms with Gasteiger partial charge in [-0.25, -0.2) is 18.7 Å². The van der Waals surface area contributed by atoms with E-state index in [-0.39, 0.29) is 25.1 Å². The van der Waals surface area contributed by atoms with E-state index in [1.165, 1.54) is 34.8 Å². The van der Waals surface area contributed by atoms with E-state index in [1.54, 1.807) is 12.1 Å². The number of nitrogens with zero attached hydrogens (tertiary/aromatic N) is 2. The SMILES string of the molecule is Fc1ccc(B(c2ccccc2)c2ccccc2)c(-c2nc3sc(-c4cc(F)ccc4B(c4ccccc4)c4ccccc4)nc3s2)c1. The summed E-state index contributed by atoms with van der Waals surface area (Å²) < 4.78 is 29.9. The molecule has 0 saturated carbocycles. The summed E-state index contributed by atoms with van der Waals surface area (Å²) in [7, 11) is 0. The Labute approximate surface area is 286 Å². The van der Waals surface area contributed by atoms with Crippen molar-refractivity contribution >= 4 is 78.5 Å². The first-order chi connectivity index (χ1) is 23.6. The molecule has 8 heteroatoms. The van der Waals surface area contributed by atoms with Crippen molar-refractivity contribution in [3.05, 3.63) is 169 Å². The lowest BCUT2D eigenvalue weighted by atomic mass is 9.36. The van der Waals surface area contributed by atoms with Crippen molar-refractivity contribution in [3.8, 4) is 21.1 Å². The third-order valence-corrected chi connectivity index (χ3v) is 10.7. The lowest BCUT2D eigenvalue weighted by Crippen LogP contribution is -2.52. The molecule has 0 aliphatic heterocycles. The molecular formula is C40H26B2F2N2S2. The zero-order valence-corrected chi connectivity index (χ0v) is 27.3.